The van der Waals surface area contributed by atoms with E-state index in [0.717, 1.165) is 60.4 Å². The number of nitrogens with one attached hydrogen (secondary N) is 1. The molecule has 0 spiro atoms. The number of hydrogen-bond donors (Lipinski definition) is 1. The second-order valence-electron chi connectivity index (χ2n) is 11.1. The van der Waals surface area contributed by atoms with Gasteiger partial charge < -0.3 is 15.0 Å². The van der Waals surface area contributed by atoms with E-state index in [1.807, 2.05) is 25.1 Å². The van der Waals surface area contributed by atoms with Crippen LogP contribution in [0.15, 0.2) is 48.0 Å². The normalized spacial score (nSPS) is 19.5. The van der Waals surface area contributed by atoms with Crippen molar-refractivity contribution >= 4 is 24.0 Å². The van der Waals surface area contributed by atoms with E-state index in [0.29, 0.717) is 49.1 Å². The first-order valence-corrected chi connectivity index (χ1v) is 14.3. The molecule has 2 aromatic rings. The maximum absolute atomic E-state index is 13.1. The number of nitrogens with zero attached hydrogens (tertiary/aromatic N) is 1. The third-order valence-corrected chi connectivity index (χ3v) is 8.16. The molecule has 41 heavy (non-hydrogen) atoms. The summed E-state index contributed by atoms with van der Waals surface area (Å²) in [5.74, 6) is -0.00636. The largest absolute Gasteiger partial charge is 0.416 e. The van der Waals surface area contributed by atoms with Crippen LogP contribution in [-0.4, -0.2) is 49.4 Å². The van der Waals surface area contributed by atoms with Crippen molar-refractivity contribution in [1.82, 2.24) is 10.2 Å². The van der Waals surface area contributed by atoms with Gasteiger partial charge in [-0.25, -0.2) is 0 Å². The van der Waals surface area contributed by atoms with Gasteiger partial charge in [0.1, 0.15) is 0 Å². The Morgan fingerprint density at radius 1 is 1.12 bits per heavy atom. The minimum absolute atomic E-state index is 0.0909. The first kappa shape index (κ1) is 30.6. The topological polar surface area (TPSA) is 58.6 Å². The molecule has 1 aliphatic carbocycles. The van der Waals surface area contributed by atoms with Crippen LogP contribution in [0.4, 0.5) is 13.2 Å². The molecule has 0 fully saturated rings. The summed E-state index contributed by atoms with van der Waals surface area (Å²) in [4.78, 5) is 28.2. The summed E-state index contributed by atoms with van der Waals surface area (Å²) in [6.07, 6.45) is 6.67. The molecule has 5 nitrogen and oxygen atoms in total. The van der Waals surface area contributed by atoms with Gasteiger partial charge in [-0.15, -0.1) is 0 Å². The number of ketones is 1. The van der Waals surface area contributed by atoms with Crippen LogP contribution in [0.2, 0.25) is 0 Å². The van der Waals surface area contributed by atoms with Crippen molar-refractivity contribution in [3.05, 3.63) is 80.7 Å². The van der Waals surface area contributed by atoms with Gasteiger partial charge in [-0.05, 0) is 92.8 Å². The van der Waals surface area contributed by atoms with E-state index in [4.69, 9.17) is 4.74 Å². The number of amides is 1. The van der Waals surface area contributed by atoms with E-state index in [2.05, 4.69) is 29.4 Å². The summed E-state index contributed by atoms with van der Waals surface area (Å²) < 4.78 is 44.5. The van der Waals surface area contributed by atoms with Crippen LogP contribution in [0.1, 0.15) is 77.3 Å². The Hall–Kier alpha value is -3.39. The van der Waals surface area contributed by atoms with Crippen LogP contribution in [0.25, 0.3) is 12.3 Å². The van der Waals surface area contributed by atoms with E-state index >= 15 is 0 Å². The van der Waals surface area contributed by atoms with Crippen molar-refractivity contribution in [2.45, 2.75) is 64.6 Å². The summed E-state index contributed by atoms with van der Waals surface area (Å²) in [5.41, 5.74) is 1.51. The Morgan fingerprint density at radius 3 is 2.68 bits per heavy atom. The van der Waals surface area contributed by atoms with Crippen LogP contribution in [0.5, 0.6) is 0 Å². The Bertz CT molecular complexity index is 1410. The Balaban J connectivity index is 1.47. The second kappa shape index (κ2) is 13.5. The van der Waals surface area contributed by atoms with E-state index in [9.17, 15) is 22.8 Å². The number of carbonyl (C=O) groups excluding carboxylic acids is 2. The number of fused-ring (bicyclic) bond motifs is 1. The minimum Gasteiger partial charge on any atom is -0.383 e. The van der Waals surface area contributed by atoms with Crippen molar-refractivity contribution in [1.29, 1.82) is 0 Å². The average molecular weight is 569 g/mol. The van der Waals surface area contributed by atoms with Gasteiger partial charge in [-0.1, -0.05) is 30.4 Å². The third-order valence-electron chi connectivity index (χ3n) is 8.16. The number of alkyl halides is 3. The molecular formula is C33H39F3N2O3. The van der Waals surface area contributed by atoms with Crippen molar-refractivity contribution in [3.8, 4) is 0 Å². The SMILES string of the molecule is COCCNC(=O)c1ccc2c(c1C)=CN(CC1CCC=C(C(=O)c3cccc(C(F)(F)F)c3)CCC1)C(C)CC=2. The van der Waals surface area contributed by atoms with Crippen LogP contribution in [-0.2, 0) is 10.9 Å². The maximum Gasteiger partial charge on any atom is 0.416 e. The summed E-state index contributed by atoms with van der Waals surface area (Å²) in [5, 5.41) is 5.10. The van der Waals surface area contributed by atoms with Gasteiger partial charge in [0, 0.05) is 48.8 Å². The molecule has 2 unspecified atom stereocenters. The Morgan fingerprint density at radius 2 is 1.93 bits per heavy atom. The lowest BCUT2D eigenvalue weighted by Crippen LogP contribution is -2.37. The van der Waals surface area contributed by atoms with Gasteiger partial charge in [-0.3, -0.25) is 9.59 Å². The maximum atomic E-state index is 13.1. The van der Waals surface area contributed by atoms with Crippen LogP contribution < -0.4 is 15.8 Å². The standard InChI is InChI=1S/C33H39F3N2O3/c1-22-13-14-25-15-16-29(32(40)37-17-18-41-3)23(2)30(25)21-38(22)20-24-7-4-9-26(10-5-8-24)31(39)27-11-6-12-28(19-27)33(34,35)36/h6,9,11-12,14-16,19,21-22,24H,4-5,7-8,10,13,17-18,20H2,1-3H3,(H,37,40). The number of Topliss-reactive ketones (excluding diaryl/α,β-unsaturated/α-hetero) is 1. The smallest absolute Gasteiger partial charge is 0.383 e. The van der Waals surface area contributed by atoms with Crippen LogP contribution in [0.3, 0.4) is 0 Å². The lowest BCUT2D eigenvalue weighted by Gasteiger charge is -2.31. The summed E-state index contributed by atoms with van der Waals surface area (Å²) >= 11 is 0. The lowest BCUT2D eigenvalue weighted by atomic mass is 9.88. The predicted molar refractivity (Wildman–Crippen MR) is 155 cm³/mol. The summed E-state index contributed by atoms with van der Waals surface area (Å²) in [6, 6.07) is 8.90. The molecular weight excluding hydrogens is 529 g/mol. The Kier molecular flexibility index (Phi) is 10.1. The highest BCUT2D eigenvalue weighted by molar-refractivity contribution is 6.08. The van der Waals surface area contributed by atoms with Crippen molar-refractivity contribution < 1.29 is 27.5 Å². The number of ether oxygens (including phenoxy) is 1. The van der Waals surface area contributed by atoms with E-state index < -0.39 is 11.7 Å². The quantitative estimate of drug-likeness (QED) is 0.343. The average Bonchev–Trinajstić information content (AvgIpc) is 3.08. The highest BCUT2D eigenvalue weighted by Crippen LogP contribution is 2.31. The molecule has 0 radical (unpaired) electrons. The number of allylic oxidation sites excluding steroid dienone is 2. The fourth-order valence-electron chi connectivity index (χ4n) is 5.70. The van der Waals surface area contributed by atoms with Gasteiger partial charge >= 0.3 is 6.18 Å². The number of rotatable bonds is 8. The van der Waals surface area contributed by atoms with Crippen LogP contribution >= 0.6 is 0 Å². The fraction of sp³-hybridized carbons (Fsp3) is 0.455. The van der Waals surface area contributed by atoms with E-state index in [1.165, 1.54) is 12.1 Å². The first-order chi connectivity index (χ1) is 19.6. The molecule has 2 aliphatic rings. The fourth-order valence-corrected chi connectivity index (χ4v) is 5.70. The van der Waals surface area contributed by atoms with Gasteiger partial charge in [-0.2, -0.15) is 13.2 Å². The van der Waals surface area contributed by atoms with Crippen LogP contribution in [0, 0.1) is 12.8 Å². The highest BCUT2D eigenvalue weighted by Gasteiger charge is 2.31. The van der Waals surface area contributed by atoms with E-state index in [1.54, 1.807) is 7.11 Å². The molecule has 0 saturated heterocycles. The molecule has 0 saturated carbocycles. The van der Waals surface area contributed by atoms with E-state index in [-0.39, 0.29) is 17.3 Å². The zero-order chi connectivity index (χ0) is 29.6. The molecule has 2 aromatic carbocycles. The minimum atomic E-state index is -4.48. The van der Waals surface area contributed by atoms with Gasteiger partial charge in [0.05, 0.1) is 12.2 Å². The molecule has 0 bridgehead atoms. The lowest BCUT2D eigenvalue weighted by molar-refractivity contribution is -0.137. The van der Waals surface area contributed by atoms with Gasteiger partial charge in [0.15, 0.2) is 5.78 Å². The van der Waals surface area contributed by atoms with Crippen molar-refractivity contribution in [3.63, 3.8) is 0 Å². The summed E-state index contributed by atoms with van der Waals surface area (Å²) in [7, 11) is 1.60. The highest BCUT2D eigenvalue weighted by atomic mass is 19.4. The molecule has 1 N–H and O–H groups in total. The molecule has 8 heteroatoms. The molecule has 220 valence electrons. The Labute approximate surface area is 239 Å². The number of methoxy groups -OCH3 is 1. The first-order valence-electron chi connectivity index (χ1n) is 14.3. The molecule has 1 aliphatic heterocycles. The zero-order valence-corrected chi connectivity index (χ0v) is 24.0. The number of hydrogen-bond acceptors (Lipinski definition) is 4. The van der Waals surface area contributed by atoms with Crippen molar-refractivity contribution in [2.75, 3.05) is 26.8 Å². The number of benzene rings is 2. The molecule has 1 amide bonds. The number of halogens is 3. The molecule has 0 aromatic heterocycles. The molecule has 4 rings (SSSR count). The predicted octanol–water partition coefficient (Wildman–Crippen LogP) is 5.39. The van der Waals surface area contributed by atoms with Gasteiger partial charge in [0.25, 0.3) is 5.91 Å². The number of carbonyl (C=O) groups is 2. The second-order valence-corrected chi connectivity index (χ2v) is 11.1. The van der Waals surface area contributed by atoms with Crippen molar-refractivity contribution in [2.24, 2.45) is 5.92 Å². The van der Waals surface area contributed by atoms with Gasteiger partial charge in [0.2, 0.25) is 0 Å². The zero-order valence-electron chi connectivity index (χ0n) is 24.0. The molecule has 2 atom stereocenters. The monoisotopic (exact) mass is 568 g/mol. The summed E-state index contributed by atoms with van der Waals surface area (Å²) in [6.45, 7) is 5.98. The third kappa shape index (κ3) is 7.67. The molecule has 1 heterocycles.